The highest BCUT2D eigenvalue weighted by atomic mass is 32.2. The van der Waals surface area contributed by atoms with E-state index in [4.69, 9.17) is 10.9 Å². The summed E-state index contributed by atoms with van der Waals surface area (Å²) in [7, 11) is -8.87. The van der Waals surface area contributed by atoms with E-state index < -0.39 is 35.9 Å². The molecule has 0 aliphatic carbocycles. The number of anilines is 1. The molecule has 1 aliphatic rings. The number of H-pyrrole nitrogens is 2. The summed E-state index contributed by atoms with van der Waals surface area (Å²) in [5.41, 5.74) is 7.71. The van der Waals surface area contributed by atoms with Gasteiger partial charge in [-0.15, -0.1) is 10.2 Å². The van der Waals surface area contributed by atoms with Crippen molar-refractivity contribution in [2.24, 2.45) is 5.14 Å². The summed E-state index contributed by atoms with van der Waals surface area (Å²) in [5, 5.41) is 22.3. The van der Waals surface area contributed by atoms with Crippen LogP contribution in [0.5, 0.6) is 0 Å². The van der Waals surface area contributed by atoms with Gasteiger partial charge in [-0.05, 0) is 41.4 Å². The van der Waals surface area contributed by atoms with E-state index in [2.05, 4.69) is 40.6 Å². The van der Waals surface area contributed by atoms with Crippen molar-refractivity contribution in [2.45, 2.75) is 22.3 Å². The van der Waals surface area contributed by atoms with Gasteiger partial charge in [0.1, 0.15) is 9.79 Å². The third-order valence-electron chi connectivity index (χ3n) is 5.71. The van der Waals surface area contributed by atoms with Crippen molar-refractivity contribution >= 4 is 26.0 Å². The van der Waals surface area contributed by atoms with Crippen LogP contribution in [0.4, 0.5) is 5.95 Å². The molecule has 0 saturated carbocycles. The number of rotatable bonds is 7. The molecule has 2 aromatic carbocycles. The first-order valence-electron chi connectivity index (χ1n) is 10.7. The fourth-order valence-corrected chi connectivity index (χ4v) is 7.03. The zero-order chi connectivity index (χ0) is 25.5. The third kappa shape index (κ3) is 4.59. The number of nitrogen functional groups attached to an aromatic ring is 1. The van der Waals surface area contributed by atoms with Gasteiger partial charge in [0.15, 0.2) is 5.95 Å². The molecule has 14 nitrogen and oxygen atoms in total. The van der Waals surface area contributed by atoms with Gasteiger partial charge in [0.05, 0.1) is 11.3 Å². The Morgan fingerprint density at radius 3 is 2.53 bits per heavy atom. The minimum Gasteiger partial charge on any atom is -0.369 e. The van der Waals surface area contributed by atoms with Crippen LogP contribution in [0.3, 0.4) is 0 Å². The van der Waals surface area contributed by atoms with Crippen LogP contribution in [0.25, 0.3) is 33.8 Å². The summed E-state index contributed by atoms with van der Waals surface area (Å²) in [6.07, 6.45) is 2.19. The van der Waals surface area contributed by atoms with Crippen LogP contribution in [-0.4, -0.2) is 66.6 Å². The van der Waals surface area contributed by atoms with Crippen LogP contribution in [-0.2, 0) is 20.0 Å². The number of aromatic nitrogens is 6. The molecule has 8 N–H and O–H groups in total. The highest BCUT2D eigenvalue weighted by Crippen LogP contribution is 2.39. The normalized spacial score (nSPS) is 16.4. The van der Waals surface area contributed by atoms with E-state index in [0.717, 1.165) is 0 Å². The first-order chi connectivity index (χ1) is 17.1. The Balaban J connectivity index is 1.74. The molecule has 1 atom stereocenters. The predicted molar refractivity (Wildman–Crippen MR) is 130 cm³/mol. The van der Waals surface area contributed by atoms with Crippen LogP contribution >= 0.6 is 0 Å². The van der Waals surface area contributed by atoms with Gasteiger partial charge in [-0.3, -0.25) is 0 Å². The van der Waals surface area contributed by atoms with Gasteiger partial charge in [0.25, 0.3) is 0 Å². The third-order valence-corrected chi connectivity index (χ3v) is 8.40. The van der Waals surface area contributed by atoms with Gasteiger partial charge >= 0.3 is 0 Å². The number of aromatic amines is 2. The van der Waals surface area contributed by atoms with Crippen molar-refractivity contribution < 1.29 is 16.8 Å². The monoisotopic (exact) mass is 530 g/mol. The van der Waals surface area contributed by atoms with Crippen molar-refractivity contribution in [1.29, 1.82) is 0 Å². The van der Waals surface area contributed by atoms with E-state index >= 15 is 0 Å². The van der Waals surface area contributed by atoms with Gasteiger partial charge in [0, 0.05) is 24.3 Å². The molecular weight excluding hydrogens is 508 g/mol. The summed E-state index contributed by atoms with van der Waals surface area (Å²) in [5.74, 6) is 0.0990. The zero-order valence-electron chi connectivity index (χ0n) is 18.6. The van der Waals surface area contributed by atoms with E-state index in [1.54, 1.807) is 30.5 Å². The lowest BCUT2D eigenvalue weighted by atomic mass is 9.97. The zero-order valence-corrected chi connectivity index (χ0v) is 20.3. The van der Waals surface area contributed by atoms with Crippen molar-refractivity contribution in [3.8, 4) is 33.8 Å². The van der Waals surface area contributed by atoms with Crippen molar-refractivity contribution in [2.75, 3.05) is 18.8 Å². The number of nitrogens with zero attached hydrogens (tertiary/aromatic N) is 4. The predicted octanol–water partition coefficient (Wildman–Crippen LogP) is -0.206. The van der Waals surface area contributed by atoms with Crippen LogP contribution in [0.1, 0.15) is 6.42 Å². The lowest BCUT2D eigenvalue weighted by molar-refractivity contribution is 0.555. The Labute approximate surface area is 206 Å². The quantitative estimate of drug-likeness (QED) is 0.184. The van der Waals surface area contributed by atoms with E-state index in [1.165, 1.54) is 12.1 Å². The molecule has 0 spiro atoms. The maximum absolute atomic E-state index is 13.3. The second-order valence-electron chi connectivity index (χ2n) is 8.16. The van der Waals surface area contributed by atoms with Crippen LogP contribution in [0.2, 0.25) is 0 Å². The van der Waals surface area contributed by atoms with E-state index in [-0.39, 0.29) is 17.3 Å². The topological polar surface area (TPSA) is 228 Å². The van der Waals surface area contributed by atoms with Crippen LogP contribution in [0, 0.1) is 0 Å². The van der Waals surface area contributed by atoms with Gasteiger partial charge in [-0.1, -0.05) is 24.3 Å². The van der Waals surface area contributed by atoms with Crippen LogP contribution < -0.4 is 20.9 Å². The second-order valence-corrected chi connectivity index (χ2v) is 11.3. The van der Waals surface area contributed by atoms with Crippen molar-refractivity contribution in [3.05, 3.63) is 42.6 Å². The van der Waals surface area contributed by atoms with Gasteiger partial charge in [-0.2, -0.15) is 5.21 Å². The number of tetrazole rings is 1. The van der Waals surface area contributed by atoms with Crippen molar-refractivity contribution in [1.82, 2.24) is 40.6 Å². The molecule has 188 valence electrons. The standard InChI is InChI=1S/C20H22N10O4S2/c21-20-24-10-15(25-20)12-3-1-2-11(8-12)14-4-5-16(36(33,34)28-13-6-7-23-9-13)18(35(22,31)32)17(14)19-26-29-30-27-19/h1-5,8,10,13,23,28H,6-7,9H2,(H3,21,24,25)(H2,22,31,32)(H,26,27,29,30). The second kappa shape index (κ2) is 9.07. The molecule has 0 bridgehead atoms. The lowest BCUT2D eigenvalue weighted by Gasteiger charge is -2.18. The molecule has 4 aromatic rings. The molecule has 0 amide bonds. The first-order valence-corrected chi connectivity index (χ1v) is 13.7. The molecule has 1 unspecified atom stereocenters. The highest BCUT2D eigenvalue weighted by molar-refractivity contribution is 7.92. The minimum atomic E-state index is -4.59. The Morgan fingerprint density at radius 2 is 1.89 bits per heavy atom. The highest BCUT2D eigenvalue weighted by Gasteiger charge is 2.33. The van der Waals surface area contributed by atoms with Gasteiger partial charge < -0.3 is 16.0 Å². The summed E-state index contributed by atoms with van der Waals surface area (Å²) in [6.45, 7) is 1.06. The number of primary sulfonamides is 1. The number of sulfonamides is 2. The Morgan fingerprint density at radius 1 is 1.08 bits per heavy atom. The molecule has 3 heterocycles. The van der Waals surface area contributed by atoms with E-state index in [0.29, 0.717) is 41.9 Å². The maximum Gasteiger partial charge on any atom is 0.242 e. The maximum atomic E-state index is 13.3. The fraction of sp³-hybridized carbons (Fsp3) is 0.200. The Bertz CT molecular complexity index is 1630. The number of benzene rings is 2. The first kappa shape index (κ1) is 24.0. The number of hydrogen-bond donors (Lipinski definition) is 6. The Kier molecular flexibility index (Phi) is 6.05. The molecule has 0 radical (unpaired) electrons. The molecule has 2 aromatic heterocycles. The molecule has 1 aliphatic heterocycles. The van der Waals surface area contributed by atoms with Crippen LogP contribution in [0.15, 0.2) is 52.4 Å². The summed E-state index contributed by atoms with van der Waals surface area (Å²) >= 11 is 0. The molecule has 5 rings (SSSR count). The summed E-state index contributed by atoms with van der Waals surface area (Å²) < 4.78 is 55.0. The summed E-state index contributed by atoms with van der Waals surface area (Å²) in [4.78, 5) is 5.88. The van der Waals surface area contributed by atoms with E-state index in [1.807, 2.05) is 0 Å². The van der Waals surface area contributed by atoms with E-state index in [9.17, 15) is 16.8 Å². The average Bonchev–Trinajstić information content (AvgIpc) is 3.61. The molecular formula is C20H22N10O4S2. The lowest BCUT2D eigenvalue weighted by Crippen LogP contribution is -2.37. The number of hydrogen-bond acceptors (Lipinski definition) is 10. The van der Waals surface area contributed by atoms with Gasteiger partial charge in [0.2, 0.25) is 25.9 Å². The Hall–Kier alpha value is -3.70. The molecule has 1 saturated heterocycles. The number of nitrogens with two attached hydrogens (primary N) is 2. The largest absolute Gasteiger partial charge is 0.369 e. The van der Waals surface area contributed by atoms with Gasteiger partial charge in [-0.25, -0.2) is 31.7 Å². The number of nitrogens with one attached hydrogen (secondary N) is 4. The van der Waals surface area contributed by atoms with Crippen molar-refractivity contribution in [3.63, 3.8) is 0 Å². The molecule has 16 heteroatoms. The molecule has 36 heavy (non-hydrogen) atoms. The summed E-state index contributed by atoms with van der Waals surface area (Å²) in [6, 6.07) is 9.31. The SMILES string of the molecule is Nc1nc(-c2cccc(-c3ccc(S(=O)(=O)NC4CCNC4)c(S(N)(=O)=O)c3-c3nn[nH]n3)c2)c[nH]1. The smallest absolute Gasteiger partial charge is 0.242 e. The number of imidazole rings is 1. The molecule has 1 fully saturated rings. The minimum absolute atomic E-state index is 0.0997. The average molecular weight is 531 g/mol. The fourth-order valence-electron chi connectivity index (χ4n) is 4.16.